The van der Waals surface area contributed by atoms with Gasteiger partial charge < -0.3 is 14.2 Å². The van der Waals surface area contributed by atoms with Crippen LogP contribution >= 0.6 is 0 Å². The second-order valence-electron chi connectivity index (χ2n) is 4.13. The number of nitro groups is 1. The van der Waals surface area contributed by atoms with Gasteiger partial charge in [-0.25, -0.2) is 4.79 Å². The number of carbonyl (C=O) groups excluding carboxylic acids is 1. The van der Waals surface area contributed by atoms with Crippen molar-refractivity contribution in [2.45, 2.75) is 13.8 Å². The van der Waals surface area contributed by atoms with Gasteiger partial charge in [-0.15, -0.1) is 0 Å². The SMILES string of the molecule is CC(C)COCOC(=O)Oc1ccc([N+](=O)[O-])cc1. The highest BCUT2D eigenvalue weighted by Gasteiger charge is 2.09. The molecule has 104 valence electrons. The topological polar surface area (TPSA) is 87.9 Å². The molecule has 0 aliphatic rings. The molecule has 0 saturated heterocycles. The molecule has 7 heteroatoms. The summed E-state index contributed by atoms with van der Waals surface area (Å²) in [6.45, 7) is 4.22. The Morgan fingerprint density at radius 3 is 2.47 bits per heavy atom. The van der Waals surface area contributed by atoms with Gasteiger partial charge >= 0.3 is 6.16 Å². The van der Waals surface area contributed by atoms with E-state index in [9.17, 15) is 14.9 Å². The number of non-ortho nitro benzene ring substituents is 1. The summed E-state index contributed by atoms with van der Waals surface area (Å²) >= 11 is 0. The lowest BCUT2D eigenvalue weighted by Crippen LogP contribution is -2.14. The van der Waals surface area contributed by atoms with E-state index >= 15 is 0 Å². The maximum absolute atomic E-state index is 11.2. The van der Waals surface area contributed by atoms with E-state index in [-0.39, 0.29) is 18.2 Å². The minimum atomic E-state index is -0.919. The summed E-state index contributed by atoms with van der Waals surface area (Å²) in [6, 6.07) is 5.10. The van der Waals surface area contributed by atoms with Crippen molar-refractivity contribution < 1.29 is 23.9 Å². The van der Waals surface area contributed by atoms with Crippen LogP contribution in [0.3, 0.4) is 0 Å². The van der Waals surface area contributed by atoms with Crippen LogP contribution in [0.2, 0.25) is 0 Å². The largest absolute Gasteiger partial charge is 0.515 e. The molecular formula is C12H15NO6. The summed E-state index contributed by atoms with van der Waals surface area (Å²) in [7, 11) is 0. The molecule has 0 bridgehead atoms. The van der Waals surface area contributed by atoms with Crippen LogP contribution in [-0.4, -0.2) is 24.5 Å². The van der Waals surface area contributed by atoms with E-state index in [1.54, 1.807) is 0 Å². The van der Waals surface area contributed by atoms with Gasteiger partial charge in [0.05, 0.1) is 11.5 Å². The van der Waals surface area contributed by atoms with Crippen LogP contribution in [0.1, 0.15) is 13.8 Å². The van der Waals surface area contributed by atoms with Crippen molar-refractivity contribution >= 4 is 11.8 Å². The summed E-state index contributed by atoms with van der Waals surface area (Å²) in [5.74, 6) is 0.508. The first kappa shape index (κ1) is 14.9. The predicted octanol–water partition coefficient (Wildman–Crippen LogP) is 2.74. The average Bonchev–Trinajstić information content (AvgIpc) is 2.35. The molecule has 7 nitrogen and oxygen atoms in total. The number of carbonyl (C=O) groups is 1. The van der Waals surface area contributed by atoms with Crippen molar-refractivity contribution in [3.05, 3.63) is 34.4 Å². The standard InChI is InChI=1S/C12H15NO6/c1-9(2)7-17-8-18-12(14)19-11-5-3-10(4-6-11)13(15)16/h3-6,9H,7-8H2,1-2H3. The lowest BCUT2D eigenvalue weighted by molar-refractivity contribution is -0.384. The predicted molar refractivity (Wildman–Crippen MR) is 65.9 cm³/mol. The van der Waals surface area contributed by atoms with Crippen LogP contribution in [0, 0.1) is 16.0 Å². The molecule has 0 atom stereocenters. The van der Waals surface area contributed by atoms with Gasteiger partial charge in [-0.1, -0.05) is 13.8 Å². The Bertz CT molecular complexity index is 428. The Hall–Kier alpha value is -2.15. The van der Waals surface area contributed by atoms with Gasteiger partial charge in [-0.3, -0.25) is 10.1 Å². The highest BCUT2D eigenvalue weighted by Crippen LogP contribution is 2.17. The maximum atomic E-state index is 11.2. The zero-order chi connectivity index (χ0) is 14.3. The van der Waals surface area contributed by atoms with Crippen LogP contribution in [0.25, 0.3) is 0 Å². The number of hydrogen-bond acceptors (Lipinski definition) is 6. The molecule has 1 rings (SSSR count). The smallest absolute Gasteiger partial charge is 0.407 e. The number of nitrogens with zero attached hydrogens (tertiary/aromatic N) is 1. The Morgan fingerprint density at radius 1 is 1.32 bits per heavy atom. The lowest BCUT2D eigenvalue weighted by atomic mass is 10.2. The highest BCUT2D eigenvalue weighted by atomic mass is 16.8. The minimum absolute atomic E-state index is 0.0824. The molecular weight excluding hydrogens is 254 g/mol. The Kier molecular flexibility index (Phi) is 5.74. The molecule has 0 aliphatic heterocycles. The average molecular weight is 269 g/mol. The van der Waals surface area contributed by atoms with E-state index in [2.05, 4.69) is 4.74 Å². The molecule has 19 heavy (non-hydrogen) atoms. The van der Waals surface area contributed by atoms with E-state index < -0.39 is 11.1 Å². The van der Waals surface area contributed by atoms with Crippen LogP contribution in [0.5, 0.6) is 5.75 Å². The summed E-state index contributed by atoms with van der Waals surface area (Å²) < 4.78 is 14.5. The fourth-order valence-electron chi connectivity index (χ4n) is 1.14. The molecule has 0 saturated carbocycles. The summed E-state index contributed by atoms with van der Waals surface area (Å²) in [5, 5.41) is 10.4. The molecule has 1 aromatic rings. The van der Waals surface area contributed by atoms with Gasteiger partial charge in [-0.2, -0.15) is 0 Å². The zero-order valence-corrected chi connectivity index (χ0v) is 10.7. The fraction of sp³-hybridized carbons (Fsp3) is 0.417. The van der Waals surface area contributed by atoms with Gasteiger partial charge in [-0.05, 0) is 18.1 Å². The quantitative estimate of drug-likeness (QED) is 0.197. The van der Waals surface area contributed by atoms with E-state index in [1.807, 2.05) is 13.8 Å². The maximum Gasteiger partial charge on any atom is 0.515 e. The number of ether oxygens (including phenoxy) is 3. The van der Waals surface area contributed by atoms with E-state index in [4.69, 9.17) is 9.47 Å². The van der Waals surface area contributed by atoms with Crippen molar-refractivity contribution in [3.8, 4) is 5.75 Å². The van der Waals surface area contributed by atoms with Crippen molar-refractivity contribution in [1.82, 2.24) is 0 Å². The van der Waals surface area contributed by atoms with Gasteiger partial charge in [0.2, 0.25) is 0 Å². The van der Waals surface area contributed by atoms with E-state index in [0.29, 0.717) is 12.5 Å². The number of rotatable bonds is 6. The highest BCUT2D eigenvalue weighted by molar-refractivity contribution is 5.63. The number of hydrogen-bond donors (Lipinski definition) is 0. The second-order valence-corrected chi connectivity index (χ2v) is 4.13. The van der Waals surface area contributed by atoms with Crippen LogP contribution in [0.15, 0.2) is 24.3 Å². The number of nitro benzene ring substituents is 1. The van der Waals surface area contributed by atoms with E-state index in [0.717, 1.165) is 0 Å². The Morgan fingerprint density at radius 2 is 1.95 bits per heavy atom. The van der Waals surface area contributed by atoms with Crippen LogP contribution in [0.4, 0.5) is 10.5 Å². The number of benzene rings is 1. The molecule has 0 N–H and O–H groups in total. The third-order valence-electron chi connectivity index (χ3n) is 1.96. The molecule has 0 amide bonds. The van der Waals surface area contributed by atoms with Crippen LogP contribution in [-0.2, 0) is 9.47 Å². The van der Waals surface area contributed by atoms with Crippen molar-refractivity contribution in [1.29, 1.82) is 0 Å². The van der Waals surface area contributed by atoms with Gasteiger partial charge in [0.1, 0.15) is 5.75 Å². The Labute approximate surface area is 110 Å². The second kappa shape index (κ2) is 7.32. The molecule has 0 aromatic heterocycles. The lowest BCUT2D eigenvalue weighted by Gasteiger charge is -2.08. The zero-order valence-electron chi connectivity index (χ0n) is 10.7. The molecule has 0 fully saturated rings. The molecule has 0 unspecified atom stereocenters. The first-order valence-corrected chi connectivity index (χ1v) is 5.66. The van der Waals surface area contributed by atoms with Crippen molar-refractivity contribution in [3.63, 3.8) is 0 Å². The normalized spacial score (nSPS) is 10.3. The minimum Gasteiger partial charge on any atom is -0.407 e. The Balaban J connectivity index is 2.34. The monoisotopic (exact) mass is 269 g/mol. The first-order valence-electron chi connectivity index (χ1n) is 5.66. The first-order chi connectivity index (χ1) is 8.99. The molecule has 0 heterocycles. The molecule has 0 aliphatic carbocycles. The molecule has 0 radical (unpaired) electrons. The third kappa shape index (κ3) is 5.82. The van der Waals surface area contributed by atoms with Gasteiger partial charge in [0.25, 0.3) is 5.69 Å². The van der Waals surface area contributed by atoms with Gasteiger partial charge in [0.15, 0.2) is 6.79 Å². The summed E-state index contributed by atoms with van der Waals surface area (Å²) in [4.78, 5) is 21.1. The molecule has 1 aromatic carbocycles. The van der Waals surface area contributed by atoms with Crippen molar-refractivity contribution in [2.75, 3.05) is 13.4 Å². The van der Waals surface area contributed by atoms with Gasteiger partial charge in [0, 0.05) is 12.1 Å². The molecule has 0 spiro atoms. The van der Waals surface area contributed by atoms with Crippen LogP contribution < -0.4 is 4.74 Å². The fourth-order valence-corrected chi connectivity index (χ4v) is 1.14. The van der Waals surface area contributed by atoms with Crippen molar-refractivity contribution in [2.24, 2.45) is 5.92 Å². The summed E-state index contributed by atoms with van der Waals surface area (Å²) in [6.07, 6.45) is -0.919. The summed E-state index contributed by atoms with van der Waals surface area (Å²) in [5.41, 5.74) is -0.0824. The van der Waals surface area contributed by atoms with E-state index in [1.165, 1.54) is 24.3 Å². The third-order valence-corrected chi connectivity index (χ3v) is 1.96.